The molecule has 0 atom stereocenters. The molecule has 0 unspecified atom stereocenters. The van der Waals surface area contributed by atoms with Gasteiger partial charge in [-0.2, -0.15) is 0 Å². The summed E-state index contributed by atoms with van der Waals surface area (Å²) in [6.45, 7) is 6.31. The summed E-state index contributed by atoms with van der Waals surface area (Å²) in [5, 5.41) is 14.9. The number of nitrogens with one attached hydrogen (secondary N) is 2. The first-order chi connectivity index (χ1) is 12.6. The zero-order chi connectivity index (χ0) is 18.8. The molecule has 0 saturated carbocycles. The van der Waals surface area contributed by atoms with Crippen molar-refractivity contribution < 1.29 is 9.53 Å². The van der Waals surface area contributed by atoms with Crippen LogP contribution < -0.4 is 10.6 Å². The number of methoxy groups -OCH3 is 1. The van der Waals surface area contributed by atoms with E-state index < -0.39 is 0 Å². The number of carbonyl (C=O) groups is 1. The van der Waals surface area contributed by atoms with E-state index in [2.05, 4.69) is 58.9 Å². The van der Waals surface area contributed by atoms with Gasteiger partial charge in [0, 0.05) is 20.2 Å². The molecule has 0 radical (unpaired) electrons. The highest BCUT2D eigenvalue weighted by Crippen LogP contribution is 2.25. The van der Waals surface area contributed by atoms with Gasteiger partial charge in [0.15, 0.2) is 4.34 Å². The van der Waals surface area contributed by atoms with E-state index in [-0.39, 0.29) is 5.91 Å². The molecule has 2 N–H and O–H groups in total. The Morgan fingerprint density at radius 3 is 2.69 bits per heavy atom. The molecule has 0 aliphatic rings. The highest BCUT2D eigenvalue weighted by atomic mass is 32.2. The molecule has 1 amide bonds. The molecule has 8 heteroatoms. The Kier molecular flexibility index (Phi) is 8.87. The molecular formula is C18H26N4O2S2. The third kappa shape index (κ3) is 7.31. The summed E-state index contributed by atoms with van der Waals surface area (Å²) >= 11 is 2.85. The smallest absolute Gasteiger partial charge is 0.230 e. The summed E-state index contributed by atoms with van der Waals surface area (Å²) in [7, 11) is 1.66. The van der Waals surface area contributed by atoms with Gasteiger partial charge in [-0.1, -0.05) is 61.2 Å². The van der Waals surface area contributed by atoms with Crippen molar-refractivity contribution in [2.45, 2.75) is 30.5 Å². The first kappa shape index (κ1) is 20.7. The number of hydrogen-bond acceptors (Lipinski definition) is 7. The second-order valence-corrected chi connectivity index (χ2v) is 8.28. The van der Waals surface area contributed by atoms with E-state index >= 15 is 0 Å². The highest BCUT2D eigenvalue weighted by molar-refractivity contribution is 8.01. The van der Waals surface area contributed by atoms with Crippen LogP contribution in [0.15, 0.2) is 28.6 Å². The number of hydrogen-bond donors (Lipinski definition) is 2. The SMILES string of the molecule is COCCNc1nnc(SCC(=O)NCCc2ccc(C(C)C)cc2)s1. The molecule has 1 aromatic heterocycles. The van der Waals surface area contributed by atoms with Crippen molar-refractivity contribution in [2.24, 2.45) is 0 Å². The van der Waals surface area contributed by atoms with Crippen molar-refractivity contribution in [1.82, 2.24) is 15.5 Å². The lowest BCUT2D eigenvalue weighted by atomic mass is 10.0. The molecule has 0 aliphatic carbocycles. The predicted molar refractivity (Wildman–Crippen MR) is 108 cm³/mol. The number of nitrogens with zero attached hydrogens (tertiary/aromatic N) is 2. The lowest BCUT2D eigenvalue weighted by molar-refractivity contribution is -0.118. The van der Waals surface area contributed by atoms with Crippen LogP contribution in [0.25, 0.3) is 0 Å². The topological polar surface area (TPSA) is 76.1 Å². The van der Waals surface area contributed by atoms with Crippen LogP contribution in [0.5, 0.6) is 0 Å². The number of carbonyl (C=O) groups excluding carboxylic acids is 1. The van der Waals surface area contributed by atoms with E-state index in [0.29, 0.717) is 31.4 Å². The minimum Gasteiger partial charge on any atom is -0.383 e. The van der Waals surface area contributed by atoms with E-state index in [9.17, 15) is 4.79 Å². The summed E-state index contributed by atoms with van der Waals surface area (Å²) < 4.78 is 5.75. The quantitative estimate of drug-likeness (QED) is 0.450. The maximum atomic E-state index is 12.0. The van der Waals surface area contributed by atoms with E-state index in [4.69, 9.17) is 4.74 Å². The second kappa shape index (κ2) is 11.2. The van der Waals surface area contributed by atoms with Gasteiger partial charge in [0.25, 0.3) is 0 Å². The fourth-order valence-corrected chi connectivity index (χ4v) is 3.80. The van der Waals surface area contributed by atoms with Crippen LogP contribution in [0.1, 0.15) is 30.9 Å². The number of aromatic nitrogens is 2. The minimum absolute atomic E-state index is 0.0119. The van der Waals surface area contributed by atoms with E-state index in [1.165, 1.54) is 34.2 Å². The Morgan fingerprint density at radius 2 is 2.00 bits per heavy atom. The maximum absolute atomic E-state index is 12.0. The second-order valence-electron chi connectivity index (χ2n) is 6.08. The van der Waals surface area contributed by atoms with Crippen LogP contribution in [-0.4, -0.2) is 48.7 Å². The third-order valence-corrected chi connectivity index (χ3v) is 5.71. The molecular weight excluding hydrogens is 368 g/mol. The van der Waals surface area contributed by atoms with Crippen LogP contribution in [0, 0.1) is 0 Å². The molecule has 142 valence electrons. The molecule has 0 fully saturated rings. The number of amides is 1. The van der Waals surface area contributed by atoms with Gasteiger partial charge in [-0.15, -0.1) is 10.2 Å². The number of anilines is 1. The van der Waals surface area contributed by atoms with Crippen LogP contribution in [0.3, 0.4) is 0 Å². The van der Waals surface area contributed by atoms with Crippen LogP contribution in [-0.2, 0) is 16.0 Å². The maximum Gasteiger partial charge on any atom is 0.230 e. The lowest BCUT2D eigenvalue weighted by Crippen LogP contribution is -2.27. The molecule has 1 heterocycles. The fraction of sp³-hybridized carbons (Fsp3) is 0.500. The van der Waals surface area contributed by atoms with Crippen LogP contribution in [0.4, 0.5) is 5.13 Å². The van der Waals surface area contributed by atoms with Gasteiger partial charge in [0.05, 0.1) is 12.4 Å². The summed E-state index contributed by atoms with van der Waals surface area (Å²) in [5.74, 6) is 0.897. The molecule has 1 aromatic carbocycles. The molecule has 2 rings (SSSR count). The number of rotatable bonds is 11. The van der Waals surface area contributed by atoms with Gasteiger partial charge in [-0.3, -0.25) is 4.79 Å². The standard InChI is InChI=1S/C18H26N4O2S2/c1-13(2)15-6-4-14(5-7-15)8-9-19-16(23)12-25-18-22-21-17(26-18)20-10-11-24-3/h4-7,13H,8-12H2,1-3H3,(H,19,23)(H,20,21). The van der Waals surface area contributed by atoms with Gasteiger partial charge < -0.3 is 15.4 Å². The molecule has 2 aromatic rings. The van der Waals surface area contributed by atoms with Crippen LogP contribution in [0.2, 0.25) is 0 Å². The van der Waals surface area contributed by atoms with Crippen molar-refractivity contribution in [3.05, 3.63) is 35.4 Å². The predicted octanol–water partition coefficient (Wildman–Crippen LogP) is 3.17. The van der Waals surface area contributed by atoms with Gasteiger partial charge in [-0.25, -0.2) is 0 Å². The average Bonchev–Trinajstić information content (AvgIpc) is 3.08. The molecule has 0 saturated heterocycles. The monoisotopic (exact) mass is 394 g/mol. The van der Waals surface area contributed by atoms with Crippen LogP contribution >= 0.6 is 23.1 Å². The largest absolute Gasteiger partial charge is 0.383 e. The Labute approximate surface area is 163 Å². The van der Waals surface area contributed by atoms with E-state index in [0.717, 1.165) is 15.9 Å². The third-order valence-electron chi connectivity index (χ3n) is 3.70. The molecule has 6 nitrogen and oxygen atoms in total. The summed E-state index contributed by atoms with van der Waals surface area (Å²) in [5.41, 5.74) is 2.57. The minimum atomic E-state index is 0.0119. The van der Waals surface area contributed by atoms with E-state index in [1.807, 2.05) is 0 Å². The fourth-order valence-electron chi connectivity index (χ4n) is 2.19. The zero-order valence-corrected chi connectivity index (χ0v) is 17.1. The molecule has 0 aliphatic heterocycles. The molecule has 0 bridgehead atoms. The molecule has 26 heavy (non-hydrogen) atoms. The van der Waals surface area contributed by atoms with Crippen molar-refractivity contribution in [3.63, 3.8) is 0 Å². The first-order valence-electron chi connectivity index (χ1n) is 8.63. The van der Waals surface area contributed by atoms with E-state index in [1.54, 1.807) is 7.11 Å². The van der Waals surface area contributed by atoms with Crippen molar-refractivity contribution in [1.29, 1.82) is 0 Å². The summed E-state index contributed by atoms with van der Waals surface area (Å²) in [6.07, 6.45) is 0.834. The number of benzene rings is 1. The Bertz CT molecular complexity index is 674. The Hall–Kier alpha value is -1.64. The first-order valence-corrected chi connectivity index (χ1v) is 10.4. The number of ether oxygens (including phenoxy) is 1. The average molecular weight is 395 g/mol. The normalized spacial score (nSPS) is 10.9. The van der Waals surface area contributed by atoms with Gasteiger partial charge >= 0.3 is 0 Å². The Morgan fingerprint density at radius 1 is 1.23 bits per heavy atom. The Balaban J connectivity index is 1.64. The van der Waals surface area contributed by atoms with Gasteiger partial charge in [-0.05, 0) is 23.5 Å². The summed E-state index contributed by atoms with van der Waals surface area (Å²) in [6, 6.07) is 8.59. The highest BCUT2D eigenvalue weighted by Gasteiger charge is 2.08. The summed E-state index contributed by atoms with van der Waals surface area (Å²) in [4.78, 5) is 12.0. The van der Waals surface area contributed by atoms with Crippen molar-refractivity contribution in [3.8, 4) is 0 Å². The van der Waals surface area contributed by atoms with Crippen molar-refractivity contribution >= 4 is 34.1 Å². The zero-order valence-electron chi connectivity index (χ0n) is 15.4. The van der Waals surface area contributed by atoms with Gasteiger partial charge in [0.2, 0.25) is 11.0 Å². The molecule has 0 spiro atoms. The van der Waals surface area contributed by atoms with Crippen molar-refractivity contribution in [2.75, 3.05) is 37.9 Å². The van der Waals surface area contributed by atoms with Gasteiger partial charge in [0.1, 0.15) is 0 Å². The lowest BCUT2D eigenvalue weighted by Gasteiger charge is -2.07. The number of thioether (sulfide) groups is 1.